The van der Waals surface area contributed by atoms with E-state index in [9.17, 15) is 13.8 Å². The first-order chi connectivity index (χ1) is 13.6. The maximum absolute atomic E-state index is 13.3. The van der Waals surface area contributed by atoms with Gasteiger partial charge in [-0.1, -0.05) is 25.8 Å². The molecule has 0 radical (unpaired) electrons. The van der Waals surface area contributed by atoms with Crippen LogP contribution in [-0.4, -0.2) is 33.3 Å². The van der Waals surface area contributed by atoms with Gasteiger partial charge in [-0.25, -0.2) is 4.98 Å². The Morgan fingerprint density at radius 1 is 1.25 bits per heavy atom. The second kappa shape index (κ2) is 9.77. The highest BCUT2D eigenvalue weighted by Crippen LogP contribution is 2.54. The van der Waals surface area contributed by atoms with Gasteiger partial charge in [0.05, 0.1) is 29.1 Å². The number of ether oxygens (including phenoxy) is 1. The van der Waals surface area contributed by atoms with E-state index >= 15 is 0 Å². The van der Waals surface area contributed by atoms with E-state index in [1.807, 2.05) is 0 Å². The Morgan fingerprint density at radius 2 is 2.04 bits per heavy atom. The largest absolute Gasteiger partial charge is 0.469 e. The Kier molecular flexibility index (Phi) is 7.38. The number of ketones is 1. The first kappa shape index (κ1) is 21.2. The number of unbranched alkanes of at least 4 members (excludes halogenated alkanes) is 2. The molecule has 0 aromatic carbocycles. The second-order valence-electron chi connectivity index (χ2n) is 8.16. The minimum absolute atomic E-state index is 0.0452. The molecule has 2 unspecified atom stereocenters. The molecule has 1 heterocycles. The summed E-state index contributed by atoms with van der Waals surface area (Å²) in [5.41, 5.74) is 0. The zero-order valence-corrected chi connectivity index (χ0v) is 17.7. The van der Waals surface area contributed by atoms with Crippen LogP contribution in [0.2, 0.25) is 0 Å². The van der Waals surface area contributed by atoms with E-state index in [0.717, 1.165) is 38.5 Å². The number of hydrogen-bond acceptors (Lipinski definition) is 5. The van der Waals surface area contributed by atoms with Crippen molar-refractivity contribution in [3.05, 3.63) is 24.4 Å². The number of rotatable bonds is 10. The minimum atomic E-state index is -1.50. The quantitative estimate of drug-likeness (QED) is 0.435. The molecule has 28 heavy (non-hydrogen) atoms. The molecular weight excluding hydrogens is 374 g/mol. The van der Waals surface area contributed by atoms with Gasteiger partial charge in [-0.3, -0.25) is 13.8 Å². The zero-order valence-electron chi connectivity index (χ0n) is 16.8. The molecule has 0 aliphatic heterocycles. The third kappa shape index (κ3) is 4.53. The van der Waals surface area contributed by atoms with Gasteiger partial charge in [0, 0.05) is 12.6 Å². The maximum Gasteiger partial charge on any atom is 0.309 e. The van der Waals surface area contributed by atoms with E-state index in [1.54, 1.807) is 24.4 Å². The van der Waals surface area contributed by atoms with E-state index in [0.29, 0.717) is 29.7 Å². The van der Waals surface area contributed by atoms with Crippen LogP contribution < -0.4 is 0 Å². The standard InChI is InChI=1S/C22H31NO4S/c1-3-4-5-8-18(24)19(28(26)20-9-6-7-12-23-20)14-17-15-10-11-16(13-15)21(17)22(25)27-2/h6-7,9,12,15-17,19,21H,3-5,8,10-11,13-14H2,1-2H3/t15-,16+,17+,19?,21+,28?/m1/s1. The third-order valence-corrected chi connectivity index (χ3v) is 8.16. The van der Waals surface area contributed by atoms with E-state index in [-0.39, 0.29) is 23.6 Å². The fraction of sp³-hybridized carbons (Fsp3) is 0.682. The lowest BCUT2D eigenvalue weighted by Crippen LogP contribution is -2.36. The molecule has 1 aromatic heterocycles. The summed E-state index contributed by atoms with van der Waals surface area (Å²) >= 11 is 0. The van der Waals surface area contributed by atoms with Gasteiger partial charge in [0.25, 0.3) is 0 Å². The number of carbonyl (C=O) groups is 2. The Bertz CT molecular complexity index is 708. The van der Waals surface area contributed by atoms with Crippen LogP contribution in [0.1, 0.15) is 58.3 Å². The summed E-state index contributed by atoms with van der Waals surface area (Å²) in [7, 11) is -0.0624. The molecule has 0 spiro atoms. The van der Waals surface area contributed by atoms with Crippen molar-refractivity contribution in [2.45, 2.75) is 68.6 Å². The van der Waals surface area contributed by atoms with Crippen molar-refractivity contribution in [1.82, 2.24) is 4.98 Å². The topological polar surface area (TPSA) is 73.3 Å². The van der Waals surface area contributed by atoms with Gasteiger partial charge in [-0.05, 0) is 62.0 Å². The molecule has 5 nitrogen and oxygen atoms in total. The third-order valence-electron chi connectivity index (χ3n) is 6.54. The van der Waals surface area contributed by atoms with Crippen molar-refractivity contribution >= 4 is 22.6 Å². The van der Waals surface area contributed by atoms with Crippen LogP contribution in [0.4, 0.5) is 0 Å². The van der Waals surface area contributed by atoms with E-state index in [4.69, 9.17) is 4.74 Å². The van der Waals surface area contributed by atoms with Crippen molar-refractivity contribution < 1.29 is 18.5 Å². The van der Waals surface area contributed by atoms with Gasteiger partial charge in [0.1, 0.15) is 10.8 Å². The summed E-state index contributed by atoms with van der Waals surface area (Å²) in [4.78, 5) is 29.7. The molecule has 0 N–H and O–H groups in total. The number of aromatic nitrogens is 1. The number of nitrogens with zero attached hydrogens (tertiary/aromatic N) is 1. The van der Waals surface area contributed by atoms with Crippen molar-refractivity contribution in [1.29, 1.82) is 0 Å². The molecule has 3 rings (SSSR count). The summed E-state index contributed by atoms with van der Waals surface area (Å²) < 4.78 is 18.3. The monoisotopic (exact) mass is 405 g/mol. The number of esters is 1. The van der Waals surface area contributed by atoms with Crippen LogP contribution >= 0.6 is 0 Å². The molecule has 2 aliphatic rings. The number of hydrogen-bond donors (Lipinski definition) is 0. The summed E-state index contributed by atoms with van der Waals surface area (Å²) in [5, 5.41) is -0.141. The summed E-state index contributed by atoms with van der Waals surface area (Å²) in [6, 6.07) is 5.30. The molecule has 2 bridgehead atoms. The summed E-state index contributed by atoms with van der Waals surface area (Å²) in [6.07, 6.45) is 8.58. The smallest absolute Gasteiger partial charge is 0.309 e. The van der Waals surface area contributed by atoms with Gasteiger partial charge >= 0.3 is 5.97 Å². The first-order valence-corrected chi connectivity index (χ1v) is 11.7. The van der Waals surface area contributed by atoms with Gasteiger partial charge in [-0.2, -0.15) is 0 Å². The molecule has 154 valence electrons. The normalized spacial score (nSPS) is 28.1. The lowest BCUT2D eigenvalue weighted by molar-refractivity contribution is -0.149. The van der Waals surface area contributed by atoms with Gasteiger partial charge in [0.2, 0.25) is 0 Å². The lowest BCUT2D eigenvalue weighted by Gasteiger charge is -2.31. The lowest BCUT2D eigenvalue weighted by atomic mass is 9.76. The first-order valence-electron chi connectivity index (χ1n) is 10.5. The number of pyridine rings is 1. The molecule has 6 atom stereocenters. The predicted octanol–water partition coefficient (Wildman–Crippen LogP) is 3.93. The van der Waals surface area contributed by atoms with E-state index in [1.165, 1.54) is 7.11 Å². The van der Waals surface area contributed by atoms with Crippen LogP contribution in [0.25, 0.3) is 0 Å². The average molecular weight is 406 g/mol. The fourth-order valence-corrected chi connectivity index (χ4v) is 6.58. The predicted molar refractivity (Wildman–Crippen MR) is 108 cm³/mol. The minimum Gasteiger partial charge on any atom is -0.469 e. The zero-order chi connectivity index (χ0) is 20.1. The molecule has 6 heteroatoms. The fourth-order valence-electron chi connectivity index (χ4n) is 5.16. The second-order valence-corrected chi connectivity index (χ2v) is 9.74. The van der Waals surface area contributed by atoms with Crippen molar-refractivity contribution in [2.24, 2.45) is 23.7 Å². The van der Waals surface area contributed by atoms with Crippen LogP contribution in [-0.2, 0) is 25.1 Å². The van der Waals surface area contributed by atoms with Crippen LogP contribution in [0.3, 0.4) is 0 Å². The molecule has 1 aromatic rings. The number of carbonyl (C=O) groups excluding carboxylic acids is 2. The Hall–Kier alpha value is -1.56. The molecule has 2 fully saturated rings. The molecule has 2 aliphatic carbocycles. The SMILES string of the molecule is CCCCCC(=O)C(C[C@H]1[C@@H]2CC[C@@H](C2)[C@@H]1C(=O)OC)S(=O)c1ccccn1. The van der Waals surface area contributed by atoms with Gasteiger partial charge in [-0.15, -0.1) is 0 Å². The number of fused-ring (bicyclic) bond motifs is 2. The molecule has 0 saturated heterocycles. The highest BCUT2D eigenvalue weighted by molar-refractivity contribution is 7.86. The molecule has 0 amide bonds. The number of Topliss-reactive ketones (excluding diaryl/α,β-unsaturated/α-hetero) is 1. The molecule has 2 saturated carbocycles. The summed E-state index contributed by atoms with van der Waals surface area (Å²) in [6.45, 7) is 2.10. The number of methoxy groups -OCH3 is 1. The van der Waals surface area contributed by atoms with Gasteiger partial charge in [0.15, 0.2) is 0 Å². The summed E-state index contributed by atoms with van der Waals surface area (Å²) in [5.74, 6) is 0.582. The van der Waals surface area contributed by atoms with Crippen LogP contribution in [0.5, 0.6) is 0 Å². The van der Waals surface area contributed by atoms with Crippen molar-refractivity contribution in [3.8, 4) is 0 Å². The van der Waals surface area contributed by atoms with Crippen LogP contribution in [0, 0.1) is 23.7 Å². The average Bonchev–Trinajstić information content (AvgIpc) is 3.33. The van der Waals surface area contributed by atoms with Crippen molar-refractivity contribution in [3.63, 3.8) is 0 Å². The Labute approximate surface area is 170 Å². The Balaban J connectivity index is 1.81. The Morgan fingerprint density at radius 3 is 2.71 bits per heavy atom. The maximum atomic E-state index is 13.3. The highest BCUT2D eigenvalue weighted by atomic mass is 32.2. The highest BCUT2D eigenvalue weighted by Gasteiger charge is 2.52. The molecular formula is C22H31NO4S. The van der Waals surface area contributed by atoms with E-state index in [2.05, 4.69) is 11.9 Å². The van der Waals surface area contributed by atoms with Gasteiger partial charge < -0.3 is 4.74 Å². The van der Waals surface area contributed by atoms with Crippen molar-refractivity contribution in [2.75, 3.05) is 7.11 Å². The van der Waals surface area contributed by atoms with E-state index < -0.39 is 16.0 Å². The van der Waals surface area contributed by atoms with Crippen LogP contribution in [0.15, 0.2) is 29.4 Å².